The summed E-state index contributed by atoms with van der Waals surface area (Å²) in [5.74, 6) is 1.02. The van der Waals surface area contributed by atoms with Gasteiger partial charge in [-0.15, -0.1) is 0 Å². The third-order valence-corrected chi connectivity index (χ3v) is 5.42. The van der Waals surface area contributed by atoms with Crippen molar-refractivity contribution in [3.63, 3.8) is 0 Å². The summed E-state index contributed by atoms with van der Waals surface area (Å²) < 4.78 is 7.12. The summed E-state index contributed by atoms with van der Waals surface area (Å²) >= 11 is 0. The molecule has 2 aromatic carbocycles. The molecule has 0 spiro atoms. The van der Waals surface area contributed by atoms with Gasteiger partial charge in [0.2, 0.25) is 0 Å². The molecule has 1 aliphatic rings. The number of aromatic nitrogens is 2. The van der Waals surface area contributed by atoms with Crippen LogP contribution in [-0.2, 0) is 0 Å². The first-order chi connectivity index (χ1) is 14.2. The summed E-state index contributed by atoms with van der Waals surface area (Å²) in [6.45, 7) is 3.99. The fourth-order valence-corrected chi connectivity index (χ4v) is 3.71. The van der Waals surface area contributed by atoms with Crippen molar-refractivity contribution in [3.8, 4) is 22.7 Å². The number of amides is 1. The second kappa shape index (κ2) is 8.49. The number of nitrogens with zero attached hydrogens (tertiary/aromatic N) is 2. The van der Waals surface area contributed by atoms with Crippen molar-refractivity contribution < 1.29 is 9.53 Å². The summed E-state index contributed by atoms with van der Waals surface area (Å²) in [6, 6.07) is 17.6. The molecule has 0 radical (unpaired) electrons. The lowest BCUT2D eigenvalue weighted by atomic mass is 9.95. The van der Waals surface area contributed by atoms with Crippen LogP contribution in [0.15, 0.2) is 60.8 Å². The molecule has 29 heavy (non-hydrogen) atoms. The van der Waals surface area contributed by atoms with Crippen LogP contribution in [0.2, 0.25) is 0 Å². The van der Waals surface area contributed by atoms with E-state index in [1.165, 1.54) is 0 Å². The monoisotopic (exact) mass is 390 g/mol. The van der Waals surface area contributed by atoms with Crippen LogP contribution in [0.4, 0.5) is 0 Å². The molecule has 1 aromatic heterocycles. The Morgan fingerprint density at radius 2 is 2.03 bits per heavy atom. The smallest absolute Gasteiger partial charge is 0.255 e. The molecule has 2 unspecified atom stereocenters. The van der Waals surface area contributed by atoms with Gasteiger partial charge in [0.25, 0.3) is 5.91 Å². The number of benzene rings is 2. The Labute approximate surface area is 170 Å². The van der Waals surface area contributed by atoms with Crippen LogP contribution >= 0.6 is 0 Å². The SMILES string of the molecule is COc1cccc(-c2nn(-c3ccccc3)cc2C(=O)NC2CCNCC2C)c1. The molecule has 0 aliphatic carbocycles. The van der Waals surface area contributed by atoms with E-state index in [0.29, 0.717) is 17.2 Å². The topological polar surface area (TPSA) is 68.2 Å². The highest BCUT2D eigenvalue weighted by Crippen LogP contribution is 2.27. The molecule has 1 fully saturated rings. The molecule has 0 bridgehead atoms. The van der Waals surface area contributed by atoms with Crippen LogP contribution in [0, 0.1) is 5.92 Å². The molecular weight excluding hydrogens is 364 g/mol. The number of carbonyl (C=O) groups is 1. The van der Waals surface area contributed by atoms with E-state index in [0.717, 1.165) is 36.5 Å². The number of methoxy groups -OCH3 is 1. The van der Waals surface area contributed by atoms with E-state index in [4.69, 9.17) is 9.84 Å². The van der Waals surface area contributed by atoms with E-state index >= 15 is 0 Å². The minimum Gasteiger partial charge on any atom is -0.497 e. The van der Waals surface area contributed by atoms with Gasteiger partial charge in [-0.2, -0.15) is 5.10 Å². The van der Waals surface area contributed by atoms with E-state index in [9.17, 15) is 4.79 Å². The van der Waals surface area contributed by atoms with Gasteiger partial charge in [0, 0.05) is 17.8 Å². The number of ether oxygens (including phenoxy) is 1. The van der Waals surface area contributed by atoms with Gasteiger partial charge in [-0.3, -0.25) is 4.79 Å². The normalized spacial score (nSPS) is 19.0. The average Bonchev–Trinajstić information content (AvgIpc) is 3.22. The number of rotatable bonds is 5. The van der Waals surface area contributed by atoms with Crippen molar-refractivity contribution >= 4 is 5.91 Å². The second-order valence-electron chi connectivity index (χ2n) is 7.45. The molecule has 6 heteroatoms. The lowest BCUT2D eigenvalue weighted by Crippen LogP contribution is -2.48. The molecule has 2 atom stereocenters. The third kappa shape index (κ3) is 4.17. The van der Waals surface area contributed by atoms with Gasteiger partial charge in [-0.25, -0.2) is 4.68 Å². The minimum absolute atomic E-state index is 0.0937. The molecule has 1 saturated heterocycles. The molecule has 0 saturated carbocycles. The summed E-state index contributed by atoms with van der Waals surface area (Å²) in [5.41, 5.74) is 2.97. The van der Waals surface area contributed by atoms with E-state index in [2.05, 4.69) is 17.6 Å². The molecule has 2 N–H and O–H groups in total. The second-order valence-corrected chi connectivity index (χ2v) is 7.45. The Bertz CT molecular complexity index is 984. The van der Waals surface area contributed by atoms with Crippen molar-refractivity contribution in [3.05, 3.63) is 66.4 Å². The summed E-state index contributed by atoms with van der Waals surface area (Å²) in [6.07, 6.45) is 2.74. The number of nitrogens with one attached hydrogen (secondary N) is 2. The van der Waals surface area contributed by atoms with Crippen molar-refractivity contribution in [1.82, 2.24) is 20.4 Å². The zero-order chi connectivity index (χ0) is 20.2. The Kier molecular flexibility index (Phi) is 5.62. The van der Waals surface area contributed by atoms with E-state index < -0.39 is 0 Å². The van der Waals surface area contributed by atoms with Crippen molar-refractivity contribution in [2.75, 3.05) is 20.2 Å². The molecule has 3 aromatic rings. The van der Waals surface area contributed by atoms with E-state index in [1.807, 2.05) is 60.8 Å². The zero-order valence-electron chi connectivity index (χ0n) is 16.8. The Hall–Kier alpha value is -3.12. The average molecular weight is 390 g/mol. The summed E-state index contributed by atoms with van der Waals surface area (Å²) in [7, 11) is 1.63. The van der Waals surface area contributed by atoms with Gasteiger partial charge < -0.3 is 15.4 Å². The van der Waals surface area contributed by atoms with Crippen molar-refractivity contribution in [2.45, 2.75) is 19.4 Å². The number of para-hydroxylation sites is 1. The molecule has 1 aliphatic heterocycles. The minimum atomic E-state index is -0.0937. The Morgan fingerprint density at radius 3 is 2.79 bits per heavy atom. The molecule has 6 nitrogen and oxygen atoms in total. The first-order valence-electron chi connectivity index (χ1n) is 9.97. The van der Waals surface area contributed by atoms with Crippen molar-refractivity contribution in [2.24, 2.45) is 5.92 Å². The molecule has 2 heterocycles. The van der Waals surface area contributed by atoms with Crippen molar-refractivity contribution in [1.29, 1.82) is 0 Å². The highest BCUT2D eigenvalue weighted by atomic mass is 16.5. The standard InChI is InChI=1S/C23H26N4O2/c1-16-14-24-12-11-21(16)25-23(28)20-15-27(18-8-4-3-5-9-18)26-22(20)17-7-6-10-19(13-17)29-2/h3-10,13,15-16,21,24H,11-12,14H2,1-2H3,(H,25,28). The van der Waals surface area contributed by atoms with Gasteiger partial charge in [0.15, 0.2) is 0 Å². The fourth-order valence-electron chi connectivity index (χ4n) is 3.71. The molecule has 1 amide bonds. The lowest BCUT2D eigenvalue weighted by molar-refractivity contribution is 0.0915. The highest BCUT2D eigenvalue weighted by Gasteiger charge is 2.26. The largest absolute Gasteiger partial charge is 0.497 e. The quantitative estimate of drug-likeness (QED) is 0.702. The maximum atomic E-state index is 13.2. The van der Waals surface area contributed by atoms with Gasteiger partial charge in [0.05, 0.1) is 18.4 Å². The number of hydrogen-bond acceptors (Lipinski definition) is 4. The number of hydrogen-bond donors (Lipinski definition) is 2. The van der Waals surface area contributed by atoms with Crippen LogP contribution in [0.3, 0.4) is 0 Å². The highest BCUT2D eigenvalue weighted by molar-refractivity contribution is 6.00. The predicted octanol–water partition coefficient (Wildman–Crippen LogP) is 3.28. The third-order valence-electron chi connectivity index (χ3n) is 5.42. The van der Waals surface area contributed by atoms with Crippen LogP contribution < -0.4 is 15.4 Å². The molecule has 4 rings (SSSR count). The maximum absolute atomic E-state index is 13.2. The Morgan fingerprint density at radius 1 is 1.21 bits per heavy atom. The zero-order valence-corrected chi connectivity index (χ0v) is 16.8. The van der Waals surface area contributed by atoms with Gasteiger partial charge in [-0.05, 0) is 49.7 Å². The number of piperidine rings is 1. The first-order valence-corrected chi connectivity index (χ1v) is 9.97. The Balaban J connectivity index is 1.72. The maximum Gasteiger partial charge on any atom is 0.255 e. The van der Waals surface area contributed by atoms with Crippen LogP contribution in [-0.4, -0.2) is 41.9 Å². The van der Waals surface area contributed by atoms with Gasteiger partial charge >= 0.3 is 0 Å². The van der Waals surface area contributed by atoms with E-state index in [-0.39, 0.29) is 11.9 Å². The lowest BCUT2D eigenvalue weighted by Gasteiger charge is -2.30. The first kappa shape index (κ1) is 19.2. The fraction of sp³-hybridized carbons (Fsp3) is 0.304. The van der Waals surface area contributed by atoms with Gasteiger partial charge in [0.1, 0.15) is 11.4 Å². The predicted molar refractivity (Wildman–Crippen MR) is 113 cm³/mol. The summed E-state index contributed by atoms with van der Waals surface area (Å²) in [5, 5.41) is 11.3. The van der Waals surface area contributed by atoms with Crippen LogP contribution in [0.25, 0.3) is 16.9 Å². The van der Waals surface area contributed by atoms with Crippen LogP contribution in [0.5, 0.6) is 5.75 Å². The van der Waals surface area contributed by atoms with Gasteiger partial charge in [-0.1, -0.05) is 37.3 Å². The van der Waals surface area contributed by atoms with Crippen LogP contribution in [0.1, 0.15) is 23.7 Å². The molecular formula is C23H26N4O2. The summed E-state index contributed by atoms with van der Waals surface area (Å²) in [4.78, 5) is 13.2. The van der Waals surface area contributed by atoms with E-state index in [1.54, 1.807) is 11.8 Å². The molecule has 150 valence electrons. The number of carbonyl (C=O) groups excluding carboxylic acids is 1.